The Morgan fingerprint density at radius 2 is 1.04 bits per heavy atom. The highest BCUT2D eigenvalue weighted by Gasteiger charge is 2.38. The first-order valence-corrected chi connectivity index (χ1v) is 30.3. The molecule has 4 rings (SSSR count). The van der Waals surface area contributed by atoms with E-state index in [1.165, 1.54) is 19.1 Å². The van der Waals surface area contributed by atoms with Crippen molar-refractivity contribution in [2.75, 3.05) is 39.3 Å². The number of amides is 10. The van der Waals surface area contributed by atoms with Crippen molar-refractivity contribution in [3.8, 4) is 11.1 Å². The Morgan fingerprint density at radius 3 is 1.56 bits per heavy atom. The van der Waals surface area contributed by atoms with Crippen molar-refractivity contribution >= 4 is 65.0 Å². The molecule has 13 atom stereocenters. The SMILES string of the molecule is CC(C)C[C@@H]1NC(=O)[C@@H](Cc2ccccc2)NC(=O)[C@H](CCN)NC(=O)[C@@H](NC(=O)[C@H](CCN)NC(=O)[C@@H](NC(=O)[C@H](CCN)OC(=O)C(F)c2ccc(-c3ccccc3)cc2)[C@@H](C)O)CCNC(=O)[C@H]([C@@H](C)O)NC(=O)[C@H](CCN)NC(=O)[C@H](CCN)NC1=O. The van der Waals surface area contributed by atoms with Crippen LogP contribution in [-0.4, -0.2) is 187 Å². The quantitative estimate of drug-likeness (QED) is 0.0340. The van der Waals surface area contributed by atoms with Gasteiger partial charge in [0.1, 0.15) is 54.4 Å². The third kappa shape index (κ3) is 24.0. The van der Waals surface area contributed by atoms with E-state index in [1.54, 1.807) is 56.3 Å². The lowest BCUT2D eigenvalue weighted by molar-refractivity contribution is -0.161. The van der Waals surface area contributed by atoms with Gasteiger partial charge in [0.05, 0.1) is 12.2 Å². The van der Waals surface area contributed by atoms with Crippen molar-refractivity contribution in [1.29, 1.82) is 0 Å². The monoisotopic (exact) mass is 1280 g/mol. The van der Waals surface area contributed by atoms with Crippen LogP contribution in [0.15, 0.2) is 84.9 Å². The van der Waals surface area contributed by atoms with Gasteiger partial charge in [-0.25, -0.2) is 9.18 Å². The number of alkyl halides is 1. The summed E-state index contributed by atoms with van der Waals surface area (Å²) in [5.74, 6) is -11.7. The minimum atomic E-state index is -2.35. The van der Waals surface area contributed by atoms with Crippen LogP contribution >= 0.6 is 0 Å². The summed E-state index contributed by atoms with van der Waals surface area (Å²) in [6.07, 6.45) is -9.37. The summed E-state index contributed by atoms with van der Waals surface area (Å²) in [6.45, 7) is 4.27. The van der Waals surface area contributed by atoms with Gasteiger partial charge in [-0.3, -0.25) is 47.9 Å². The van der Waals surface area contributed by atoms with Crippen LogP contribution in [0.5, 0.6) is 0 Å². The third-order valence-electron chi connectivity index (χ3n) is 14.6. The Kier molecular flexibility index (Phi) is 31.5. The Morgan fingerprint density at radius 1 is 0.560 bits per heavy atom. The van der Waals surface area contributed by atoms with Crippen molar-refractivity contribution < 1.29 is 72.1 Å². The summed E-state index contributed by atoms with van der Waals surface area (Å²) >= 11 is 0. The molecule has 30 heteroatoms. The third-order valence-corrected chi connectivity index (χ3v) is 14.6. The topological polar surface area (TPSA) is 488 Å². The van der Waals surface area contributed by atoms with Crippen LogP contribution in [0.2, 0.25) is 0 Å². The molecule has 1 aliphatic rings. The molecule has 10 amide bonds. The lowest BCUT2D eigenvalue weighted by Gasteiger charge is -2.29. The van der Waals surface area contributed by atoms with Gasteiger partial charge < -0.3 is 96.8 Å². The van der Waals surface area contributed by atoms with E-state index >= 15 is 4.39 Å². The minimum Gasteiger partial charge on any atom is -0.450 e. The maximum absolute atomic E-state index is 15.6. The fourth-order valence-electron chi connectivity index (χ4n) is 9.63. The van der Waals surface area contributed by atoms with Gasteiger partial charge in [0.25, 0.3) is 5.91 Å². The highest BCUT2D eigenvalue weighted by atomic mass is 19.1. The summed E-state index contributed by atoms with van der Waals surface area (Å²) in [5.41, 5.74) is 31.4. The van der Waals surface area contributed by atoms with Gasteiger partial charge in [0, 0.05) is 19.4 Å². The molecule has 3 aromatic carbocycles. The standard InChI is InChI=1S/C61H90FN15O14/c1-33(2)31-45-56(85)71-40(19-25-63)51(80)70-43(22-28-66)55(84)76-49(34(3)78)59(88)68-30-24-44(54(83)69-41(20-26-64)53(82)75-46(57(86)74-45)32-36-11-7-5-8-12-36)72-52(81)42(21-27-65)73-60(89)50(35(4)79)77-58(87)47(23-29-67)91-61(90)48(62)39-17-15-38(16-18-39)37-13-9-6-10-14-37/h5-18,33-35,40-50,78-79H,19-32,63-67H2,1-4H3,(H,68,88)(H,69,83)(H,70,80)(H,71,85)(H,72,81)(H,73,89)(H,74,86)(H,75,82)(H,76,84)(H,77,87)/t34-,35-,40+,41+,42+,43+,44+,45+,46-,47+,48?,49+,50+/m1/s1. The molecule has 0 spiro atoms. The lowest BCUT2D eigenvalue weighted by atomic mass is 10.00. The number of halogens is 1. The molecule has 0 radical (unpaired) electrons. The highest BCUT2D eigenvalue weighted by Crippen LogP contribution is 2.25. The number of esters is 1. The van der Waals surface area contributed by atoms with Gasteiger partial charge in [0.15, 0.2) is 6.10 Å². The Labute approximate surface area is 527 Å². The molecule has 0 aromatic heterocycles. The second-order valence-electron chi connectivity index (χ2n) is 22.4. The summed E-state index contributed by atoms with van der Waals surface area (Å²) in [6, 6.07) is 9.49. The van der Waals surface area contributed by atoms with E-state index in [1.807, 2.05) is 30.3 Å². The Bertz CT molecular complexity index is 2900. The van der Waals surface area contributed by atoms with Crippen LogP contribution < -0.4 is 81.8 Å². The number of ether oxygens (including phenoxy) is 1. The molecule has 500 valence electrons. The number of rotatable bonds is 26. The summed E-state index contributed by atoms with van der Waals surface area (Å²) in [4.78, 5) is 155. The first kappa shape index (κ1) is 74.9. The van der Waals surface area contributed by atoms with Crippen molar-refractivity contribution in [1.82, 2.24) is 53.2 Å². The first-order valence-electron chi connectivity index (χ1n) is 30.3. The maximum atomic E-state index is 15.6. The molecule has 1 heterocycles. The maximum Gasteiger partial charge on any atom is 0.346 e. The number of aliphatic hydroxyl groups excluding tert-OH is 2. The van der Waals surface area contributed by atoms with Crippen LogP contribution in [0.25, 0.3) is 11.1 Å². The number of nitrogens with one attached hydrogen (secondary N) is 10. The van der Waals surface area contributed by atoms with Crippen molar-refractivity contribution in [3.05, 3.63) is 96.1 Å². The van der Waals surface area contributed by atoms with E-state index in [2.05, 4.69) is 53.2 Å². The Balaban J connectivity index is 1.68. The molecule has 91 heavy (non-hydrogen) atoms. The molecule has 0 bridgehead atoms. The molecule has 1 fully saturated rings. The summed E-state index contributed by atoms with van der Waals surface area (Å²) in [5, 5.41) is 46.7. The van der Waals surface area contributed by atoms with E-state index in [9.17, 15) is 63.0 Å². The van der Waals surface area contributed by atoms with E-state index in [0.29, 0.717) is 5.56 Å². The van der Waals surface area contributed by atoms with Crippen molar-refractivity contribution in [2.45, 2.75) is 158 Å². The van der Waals surface area contributed by atoms with Gasteiger partial charge in [-0.15, -0.1) is 0 Å². The van der Waals surface area contributed by atoms with Crippen LogP contribution in [-0.2, 0) is 63.9 Å². The number of hydrogen-bond donors (Lipinski definition) is 17. The number of aliphatic hydroxyl groups is 2. The van der Waals surface area contributed by atoms with E-state index in [4.69, 9.17) is 33.4 Å². The molecule has 22 N–H and O–H groups in total. The molecule has 1 aliphatic heterocycles. The zero-order valence-electron chi connectivity index (χ0n) is 51.6. The van der Waals surface area contributed by atoms with E-state index in [-0.39, 0.29) is 89.2 Å². The predicted octanol–water partition coefficient (Wildman–Crippen LogP) is -4.05. The smallest absolute Gasteiger partial charge is 0.346 e. The minimum absolute atomic E-state index is 0.0263. The average molecular weight is 1280 g/mol. The molecule has 29 nitrogen and oxygen atoms in total. The highest BCUT2D eigenvalue weighted by molar-refractivity contribution is 5.99. The van der Waals surface area contributed by atoms with Crippen LogP contribution in [0.4, 0.5) is 4.39 Å². The largest absolute Gasteiger partial charge is 0.450 e. The van der Waals surface area contributed by atoms with Crippen LogP contribution in [0, 0.1) is 5.92 Å². The van der Waals surface area contributed by atoms with Gasteiger partial charge >= 0.3 is 5.97 Å². The molecule has 1 unspecified atom stereocenters. The number of nitrogens with two attached hydrogens (primary N) is 5. The fourth-order valence-corrected chi connectivity index (χ4v) is 9.63. The lowest BCUT2D eigenvalue weighted by Crippen LogP contribution is -2.61. The molecule has 1 saturated heterocycles. The fraction of sp³-hybridized carbons (Fsp3) is 0.525. The second-order valence-corrected chi connectivity index (χ2v) is 22.4. The first-order chi connectivity index (χ1) is 43.3. The van der Waals surface area contributed by atoms with E-state index in [0.717, 1.165) is 18.1 Å². The van der Waals surface area contributed by atoms with Gasteiger partial charge in [-0.2, -0.15) is 0 Å². The van der Waals surface area contributed by atoms with Crippen molar-refractivity contribution in [3.63, 3.8) is 0 Å². The Hall–Kier alpha value is -8.52. The second kappa shape index (κ2) is 38.2. The molecule has 0 aliphatic carbocycles. The molecule has 0 saturated carbocycles. The van der Waals surface area contributed by atoms with Gasteiger partial charge in [-0.05, 0) is 113 Å². The van der Waals surface area contributed by atoms with Gasteiger partial charge in [0.2, 0.25) is 59.3 Å². The zero-order chi connectivity index (χ0) is 67.3. The average Bonchev–Trinajstić information content (AvgIpc) is 2.03. The number of hydrogen-bond acceptors (Lipinski definition) is 19. The number of benzene rings is 3. The molecular weight excluding hydrogens is 1190 g/mol. The molecular formula is C61H90FN15O14. The van der Waals surface area contributed by atoms with Crippen molar-refractivity contribution in [2.24, 2.45) is 34.6 Å². The number of carbonyl (C=O) groups is 11. The molecule has 3 aromatic rings. The summed E-state index contributed by atoms with van der Waals surface area (Å²) in [7, 11) is 0. The van der Waals surface area contributed by atoms with E-state index < -0.39 is 157 Å². The van der Waals surface area contributed by atoms with Crippen LogP contribution in [0.1, 0.15) is 89.9 Å². The summed E-state index contributed by atoms with van der Waals surface area (Å²) < 4.78 is 20.9. The zero-order valence-corrected chi connectivity index (χ0v) is 51.6. The normalized spacial score (nSPS) is 22.1. The predicted molar refractivity (Wildman–Crippen MR) is 332 cm³/mol. The van der Waals surface area contributed by atoms with Gasteiger partial charge in [-0.1, -0.05) is 98.8 Å². The number of carbonyl (C=O) groups excluding carboxylic acids is 11. The van der Waals surface area contributed by atoms with Crippen LogP contribution in [0.3, 0.4) is 0 Å².